The fraction of sp³-hybridized carbons (Fsp3) is 0.500. The number of ether oxygens (including phenoxy) is 1. The topological polar surface area (TPSA) is 85.1 Å². The predicted molar refractivity (Wildman–Crippen MR) is 108 cm³/mol. The molecule has 0 aliphatic carbocycles. The Balaban J connectivity index is 1.43. The number of halogens is 1. The minimum absolute atomic E-state index is 0.0166. The van der Waals surface area contributed by atoms with Gasteiger partial charge in [-0.05, 0) is 19.4 Å². The van der Waals surface area contributed by atoms with Gasteiger partial charge < -0.3 is 15.2 Å². The third-order valence-corrected chi connectivity index (χ3v) is 7.62. The number of fused-ring (bicyclic) bond motifs is 2. The first-order valence-corrected chi connectivity index (χ1v) is 11.2. The van der Waals surface area contributed by atoms with Crippen LogP contribution in [-0.2, 0) is 16.9 Å². The molecule has 28 heavy (non-hydrogen) atoms. The number of thiophene rings is 1. The van der Waals surface area contributed by atoms with E-state index in [0.29, 0.717) is 10.9 Å². The quantitative estimate of drug-likeness (QED) is 0.654. The summed E-state index contributed by atoms with van der Waals surface area (Å²) in [6, 6.07) is 2.13. The maximum absolute atomic E-state index is 10.3. The molecule has 5 rings (SSSR count). The first-order valence-electron chi connectivity index (χ1n) is 9.17. The normalized spacial score (nSPS) is 29.9. The van der Waals surface area contributed by atoms with Gasteiger partial charge in [0.15, 0.2) is 0 Å². The van der Waals surface area contributed by atoms with Crippen LogP contribution in [0, 0.1) is 0 Å². The average Bonchev–Trinajstić information content (AvgIpc) is 3.40. The lowest BCUT2D eigenvalue weighted by Crippen LogP contribution is -2.50. The Labute approximate surface area is 175 Å². The van der Waals surface area contributed by atoms with E-state index >= 15 is 0 Å². The fourth-order valence-corrected chi connectivity index (χ4v) is 6.30. The van der Waals surface area contributed by atoms with Crippen molar-refractivity contribution < 1.29 is 9.84 Å². The summed E-state index contributed by atoms with van der Waals surface area (Å²) in [5.41, 5.74) is 3.17. The van der Waals surface area contributed by atoms with Gasteiger partial charge in [0.2, 0.25) is 0 Å². The van der Waals surface area contributed by atoms with Crippen LogP contribution < -0.4 is 5.32 Å². The van der Waals surface area contributed by atoms with Crippen molar-refractivity contribution in [3.8, 4) is 0 Å². The number of aliphatic hydroxyl groups is 1. The number of thiazole rings is 1. The summed E-state index contributed by atoms with van der Waals surface area (Å²) in [6.07, 6.45) is 4.78. The highest BCUT2D eigenvalue weighted by molar-refractivity contribution is 7.16. The molecule has 1 fully saturated rings. The fourth-order valence-electron chi connectivity index (χ4n) is 4.26. The van der Waals surface area contributed by atoms with Crippen molar-refractivity contribution in [1.29, 1.82) is 0 Å². The van der Waals surface area contributed by atoms with Crippen molar-refractivity contribution >= 4 is 34.3 Å². The molecule has 2 N–H and O–H groups in total. The highest BCUT2D eigenvalue weighted by atomic mass is 35.5. The second kappa shape index (κ2) is 7.16. The van der Waals surface area contributed by atoms with Gasteiger partial charge in [-0.1, -0.05) is 16.8 Å². The number of aromatic nitrogens is 4. The molecule has 148 valence electrons. The van der Waals surface area contributed by atoms with Crippen LogP contribution in [0.1, 0.15) is 52.9 Å². The molecule has 0 radical (unpaired) electrons. The van der Waals surface area contributed by atoms with Gasteiger partial charge in [-0.15, -0.1) is 27.8 Å². The van der Waals surface area contributed by atoms with E-state index in [-0.39, 0.29) is 18.7 Å². The number of hydrogen-bond acceptors (Lipinski definition) is 8. The number of piperidine rings is 1. The summed E-state index contributed by atoms with van der Waals surface area (Å²) in [4.78, 5) is 6.30. The van der Waals surface area contributed by atoms with Gasteiger partial charge >= 0.3 is 0 Å². The largest absolute Gasteiger partial charge is 0.386 e. The summed E-state index contributed by atoms with van der Waals surface area (Å²) in [7, 11) is 0. The molecule has 0 saturated carbocycles. The van der Waals surface area contributed by atoms with Crippen LogP contribution in [0.5, 0.6) is 0 Å². The smallest absolute Gasteiger partial charge is 0.106 e. The molecule has 3 aromatic rings. The van der Waals surface area contributed by atoms with Crippen molar-refractivity contribution in [3.63, 3.8) is 0 Å². The lowest BCUT2D eigenvalue weighted by Gasteiger charge is -2.46. The van der Waals surface area contributed by atoms with Gasteiger partial charge in [-0.2, -0.15) is 0 Å². The van der Waals surface area contributed by atoms with E-state index < -0.39 is 11.7 Å². The van der Waals surface area contributed by atoms with E-state index in [1.165, 1.54) is 11.3 Å². The van der Waals surface area contributed by atoms with E-state index in [2.05, 4.69) is 27.5 Å². The van der Waals surface area contributed by atoms with Crippen LogP contribution in [0.25, 0.3) is 0 Å². The molecular formula is C18H20ClN5O2S2. The van der Waals surface area contributed by atoms with Crippen molar-refractivity contribution in [2.75, 3.05) is 6.61 Å². The first kappa shape index (κ1) is 18.7. The van der Waals surface area contributed by atoms with Gasteiger partial charge in [-0.3, -0.25) is 4.98 Å². The Kier molecular flexibility index (Phi) is 4.77. The van der Waals surface area contributed by atoms with E-state index in [9.17, 15) is 5.11 Å². The number of nitrogens with one attached hydrogen (secondary N) is 1. The van der Waals surface area contributed by atoms with Crippen LogP contribution in [0.2, 0.25) is 4.34 Å². The van der Waals surface area contributed by atoms with Gasteiger partial charge in [0.1, 0.15) is 11.7 Å². The average molecular weight is 438 g/mol. The van der Waals surface area contributed by atoms with Crippen LogP contribution in [0.4, 0.5) is 0 Å². The zero-order valence-corrected chi connectivity index (χ0v) is 17.6. The van der Waals surface area contributed by atoms with E-state index in [1.54, 1.807) is 11.3 Å². The van der Waals surface area contributed by atoms with E-state index in [4.69, 9.17) is 16.3 Å². The van der Waals surface area contributed by atoms with Gasteiger partial charge in [0, 0.05) is 34.0 Å². The molecule has 7 nitrogen and oxygen atoms in total. The first-order chi connectivity index (χ1) is 13.5. The summed E-state index contributed by atoms with van der Waals surface area (Å²) in [6.45, 7) is 3.11. The van der Waals surface area contributed by atoms with Crippen LogP contribution >= 0.6 is 34.3 Å². The van der Waals surface area contributed by atoms with Crippen molar-refractivity contribution in [3.05, 3.63) is 49.3 Å². The molecule has 1 spiro atoms. The summed E-state index contributed by atoms with van der Waals surface area (Å²) in [5, 5.41) is 22.7. The van der Waals surface area contributed by atoms with E-state index in [0.717, 1.165) is 33.9 Å². The maximum atomic E-state index is 10.3. The van der Waals surface area contributed by atoms with Gasteiger partial charge in [0.25, 0.3) is 0 Å². The predicted octanol–water partition coefficient (Wildman–Crippen LogP) is 3.27. The van der Waals surface area contributed by atoms with Crippen molar-refractivity contribution in [2.24, 2.45) is 0 Å². The Morgan fingerprint density at radius 1 is 1.46 bits per heavy atom. The molecule has 0 unspecified atom stereocenters. The number of nitrogens with zero attached hydrogens (tertiary/aromatic N) is 4. The molecule has 0 aromatic carbocycles. The monoisotopic (exact) mass is 437 g/mol. The van der Waals surface area contributed by atoms with Crippen molar-refractivity contribution in [1.82, 2.24) is 25.3 Å². The molecule has 1 saturated heterocycles. The zero-order chi connectivity index (χ0) is 19.3. The molecule has 0 amide bonds. The van der Waals surface area contributed by atoms with Crippen molar-refractivity contribution in [2.45, 2.75) is 50.1 Å². The lowest BCUT2D eigenvalue weighted by atomic mass is 9.79. The highest BCUT2D eigenvalue weighted by Crippen LogP contribution is 2.51. The lowest BCUT2D eigenvalue weighted by molar-refractivity contribution is -0.129. The highest BCUT2D eigenvalue weighted by Gasteiger charge is 2.48. The summed E-state index contributed by atoms with van der Waals surface area (Å²) in [5.74, 6) is 0. The third kappa shape index (κ3) is 3.30. The minimum atomic E-state index is -0.617. The SMILES string of the molecule is C[C@H]1C[C@@]2(C[C@@H](c3cn(Cc4cncs4)nn3)N1)OC[C@@H](O)c1cc(Cl)sc12. The van der Waals surface area contributed by atoms with Crippen LogP contribution in [0.3, 0.4) is 0 Å². The Morgan fingerprint density at radius 3 is 3.18 bits per heavy atom. The molecule has 2 aliphatic rings. The molecule has 10 heteroatoms. The standard InChI is InChI=1S/C18H20ClN5O2S2/c1-10-3-18(17-12(2-16(19)28-17)15(25)8-26-18)4-13(21-10)14-7-24(23-22-14)6-11-5-20-9-27-11/h2,5,7,9-10,13,15,21,25H,3-4,6,8H2,1H3/t10-,13-,15+,18-/m0/s1. The Morgan fingerprint density at radius 2 is 2.36 bits per heavy atom. The summed E-state index contributed by atoms with van der Waals surface area (Å²) >= 11 is 9.40. The van der Waals surface area contributed by atoms with E-state index in [1.807, 2.05) is 28.7 Å². The third-order valence-electron chi connectivity index (χ3n) is 5.39. The second-order valence-electron chi connectivity index (χ2n) is 7.49. The number of hydrogen-bond donors (Lipinski definition) is 2. The summed E-state index contributed by atoms with van der Waals surface area (Å²) < 4.78 is 8.80. The molecular weight excluding hydrogens is 418 g/mol. The Bertz CT molecular complexity index is 975. The molecule has 4 atom stereocenters. The van der Waals surface area contributed by atoms with Crippen LogP contribution in [0.15, 0.2) is 24.0 Å². The molecule has 2 aliphatic heterocycles. The van der Waals surface area contributed by atoms with Crippen LogP contribution in [-0.4, -0.2) is 37.7 Å². The number of aliphatic hydroxyl groups excluding tert-OH is 1. The molecule has 0 bridgehead atoms. The zero-order valence-electron chi connectivity index (χ0n) is 15.2. The molecule has 5 heterocycles. The van der Waals surface area contributed by atoms with Gasteiger partial charge in [0.05, 0.1) is 40.9 Å². The maximum Gasteiger partial charge on any atom is 0.106 e. The Hall–Kier alpha value is -1.36. The molecule has 3 aromatic heterocycles. The van der Waals surface area contributed by atoms with Gasteiger partial charge in [-0.25, -0.2) is 4.68 Å². The second-order valence-corrected chi connectivity index (χ2v) is 10.1. The number of rotatable bonds is 3. The minimum Gasteiger partial charge on any atom is -0.386 e.